The second-order valence-corrected chi connectivity index (χ2v) is 8.05. The van der Waals surface area contributed by atoms with Crippen LogP contribution in [0.2, 0.25) is 0 Å². The molecule has 0 saturated carbocycles. The van der Waals surface area contributed by atoms with Crippen LogP contribution in [0.1, 0.15) is 18.1 Å². The molecule has 2 heterocycles. The topological polar surface area (TPSA) is 98.1 Å². The molecule has 4 rings (SSSR count). The molecule has 0 aliphatic carbocycles. The molecule has 0 radical (unpaired) electrons. The summed E-state index contributed by atoms with van der Waals surface area (Å²) in [5, 5.41) is 14.4. The Hall–Kier alpha value is -3.85. The highest BCUT2D eigenvalue weighted by molar-refractivity contribution is 7.23. The van der Waals surface area contributed by atoms with Crippen LogP contribution in [-0.2, 0) is 0 Å². The van der Waals surface area contributed by atoms with Gasteiger partial charge in [-0.2, -0.15) is 5.10 Å². The average Bonchev–Trinajstić information content (AvgIpc) is 3.16. The zero-order chi connectivity index (χ0) is 23.4. The second kappa shape index (κ2) is 9.74. The van der Waals surface area contributed by atoms with Gasteiger partial charge in [0.2, 0.25) is 5.75 Å². The minimum absolute atomic E-state index is 0.0331. The number of aromatic hydroxyl groups is 1. The fourth-order valence-corrected chi connectivity index (χ4v) is 4.73. The van der Waals surface area contributed by atoms with E-state index in [0.29, 0.717) is 23.7 Å². The van der Waals surface area contributed by atoms with Crippen molar-refractivity contribution in [3.63, 3.8) is 0 Å². The molecule has 0 aliphatic rings. The zero-order valence-electron chi connectivity index (χ0n) is 18.7. The number of benzene rings is 2. The van der Waals surface area contributed by atoms with Gasteiger partial charge >= 0.3 is 0 Å². The molecular formula is C24H24N4O4S. The Balaban J connectivity index is 1.67. The van der Waals surface area contributed by atoms with Gasteiger partial charge in [0, 0.05) is 16.0 Å². The van der Waals surface area contributed by atoms with Crippen LogP contribution in [0.25, 0.3) is 20.7 Å². The number of thiophene rings is 1. The molecular weight excluding hydrogens is 440 g/mol. The number of aromatic nitrogens is 2. The predicted octanol–water partition coefficient (Wildman–Crippen LogP) is 5.23. The van der Waals surface area contributed by atoms with Crippen LogP contribution >= 0.6 is 11.3 Å². The van der Waals surface area contributed by atoms with Crippen molar-refractivity contribution in [3.8, 4) is 33.4 Å². The van der Waals surface area contributed by atoms with E-state index >= 15 is 0 Å². The molecule has 4 aromatic rings. The Kier molecular flexibility index (Phi) is 6.60. The molecule has 0 bridgehead atoms. The molecule has 0 aliphatic heterocycles. The average molecular weight is 465 g/mol. The van der Waals surface area contributed by atoms with Gasteiger partial charge in [0.15, 0.2) is 17.3 Å². The summed E-state index contributed by atoms with van der Waals surface area (Å²) in [6, 6.07) is 11.2. The lowest BCUT2D eigenvalue weighted by atomic mass is 10.1. The third kappa shape index (κ3) is 4.40. The van der Waals surface area contributed by atoms with E-state index in [4.69, 9.17) is 14.2 Å². The van der Waals surface area contributed by atoms with Gasteiger partial charge in [-0.15, -0.1) is 11.3 Å². The lowest BCUT2D eigenvalue weighted by molar-refractivity contribution is 0.333. The van der Waals surface area contributed by atoms with Crippen molar-refractivity contribution in [1.82, 2.24) is 9.97 Å². The Bertz CT molecular complexity index is 1320. The number of anilines is 1. The molecule has 170 valence electrons. The van der Waals surface area contributed by atoms with E-state index in [1.807, 2.05) is 38.1 Å². The van der Waals surface area contributed by atoms with Crippen LogP contribution in [0.3, 0.4) is 0 Å². The van der Waals surface area contributed by atoms with E-state index in [0.717, 1.165) is 32.0 Å². The van der Waals surface area contributed by atoms with Gasteiger partial charge in [-0.3, -0.25) is 5.43 Å². The highest BCUT2D eigenvalue weighted by Gasteiger charge is 2.18. The van der Waals surface area contributed by atoms with E-state index in [1.54, 1.807) is 29.7 Å². The Labute approximate surface area is 195 Å². The van der Waals surface area contributed by atoms with Crippen LogP contribution in [0, 0.1) is 6.92 Å². The summed E-state index contributed by atoms with van der Waals surface area (Å²) in [7, 11) is 2.98. The molecule has 0 atom stereocenters. The molecule has 2 aromatic heterocycles. The number of hydrogen-bond acceptors (Lipinski definition) is 9. The number of nitrogens with zero attached hydrogens (tertiary/aromatic N) is 3. The van der Waals surface area contributed by atoms with Gasteiger partial charge in [0.25, 0.3) is 0 Å². The van der Waals surface area contributed by atoms with Crippen LogP contribution < -0.4 is 19.6 Å². The summed E-state index contributed by atoms with van der Waals surface area (Å²) in [5.74, 6) is 2.08. The maximum absolute atomic E-state index is 10.1. The third-order valence-electron chi connectivity index (χ3n) is 5.00. The van der Waals surface area contributed by atoms with Crippen molar-refractivity contribution in [1.29, 1.82) is 0 Å². The summed E-state index contributed by atoms with van der Waals surface area (Å²) < 4.78 is 17.1. The summed E-state index contributed by atoms with van der Waals surface area (Å²) in [4.78, 5) is 9.93. The van der Waals surface area contributed by atoms with Gasteiger partial charge < -0.3 is 19.3 Å². The molecule has 0 fully saturated rings. The van der Waals surface area contributed by atoms with Crippen molar-refractivity contribution in [2.75, 3.05) is 26.3 Å². The van der Waals surface area contributed by atoms with Crippen LogP contribution in [0.4, 0.5) is 5.82 Å². The standard InChI is InChI=1S/C24H24N4O4S/c1-5-32-18-9-7-6-8-16(18)22-14(2)20-23(33-22)24(26-13-25-20)28-27-12-15-10-17(29)21(31-4)19(11-15)30-3/h6-13,29H,5H2,1-4H3,(H,25,26,28). The Morgan fingerprint density at radius 1 is 1.12 bits per heavy atom. The summed E-state index contributed by atoms with van der Waals surface area (Å²) in [5.41, 5.74) is 6.57. The molecule has 0 spiro atoms. The summed E-state index contributed by atoms with van der Waals surface area (Å²) in [6.45, 7) is 4.61. The number of para-hydroxylation sites is 1. The summed E-state index contributed by atoms with van der Waals surface area (Å²) >= 11 is 1.59. The molecule has 33 heavy (non-hydrogen) atoms. The second-order valence-electron chi connectivity index (χ2n) is 7.03. The van der Waals surface area contributed by atoms with E-state index in [2.05, 4.69) is 20.5 Å². The largest absolute Gasteiger partial charge is 0.504 e. The fourth-order valence-electron chi connectivity index (χ4n) is 3.50. The highest BCUT2D eigenvalue weighted by Crippen LogP contribution is 2.43. The maximum Gasteiger partial charge on any atom is 0.203 e. The number of aryl methyl sites for hydroxylation is 1. The number of ether oxygens (including phenoxy) is 3. The number of methoxy groups -OCH3 is 2. The number of hydrogen-bond donors (Lipinski definition) is 2. The fraction of sp³-hybridized carbons (Fsp3) is 0.208. The molecule has 0 unspecified atom stereocenters. The molecule has 8 nitrogen and oxygen atoms in total. The number of hydrazone groups is 1. The minimum Gasteiger partial charge on any atom is -0.504 e. The van der Waals surface area contributed by atoms with Gasteiger partial charge in [-0.25, -0.2) is 9.97 Å². The predicted molar refractivity (Wildman–Crippen MR) is 131 cm³/mol. The highest BCUT2D eigenvalue weighted by atomic mass is 32.1. The number of rotatable bonds is 8. The van der Waals surface area contributed by atoms with Crippen molar-refractivity contribution in [2.45, 2.75) is 13.8 Å². The first-order chi connectivity index (χ1) is 16.1. The first kappa shape index (κ1) is 22.3. The van der Waals surface area contributed by atoms with Crippen molar-refractivity contribution in [3.05, 3.63) is 53.9 Å². The monoisotopic (exact) mass is 464 g/mol. The van der Waals surface area contributed by atoms with Gasteiger partial charge in [-0.05, 0) is 43.7 Å². The first-order valence-electron chi connectivity index (χ1n) is 10.3. The van der Waals surface area contributed by atoms with Gasteiger partial charge in [0.1, 0.15) is 12.1 Å². The van der Waals surface area contributed by atoms with Crippen molar-refractivity contribution < 1.29 is 19.3 Å². The first-order valence-corrected chi connectivity index (χ1v) is 11.1. The Morgan fingerprint density at radius 3 is 2.70 bits per heavy atom. The SMILES string of the molecule is CCOc1ccccc1-c1sc2c(NN=Cc3cc(O)c(OC)c(OC)c3)ncnc2c1C. The molecule has 0 amide bonds. The zero-order valence-corrected chi connectivity index (χ0v) is 19.6. The van der Waals surface area contributed by atoms with E-state index < -0.39 is 0 Å². The van der Waals surface area contributed by atoms with Gasteiger partial charge in [0.05, 0.1) is 37.3 Å². The molecule has 2 N–H and O–H groups in total. The van der Waals surface area contributed by atoms with Gasteiger partial charge in [-0.1, -0.05) is 12.1 Å². The maximum atomic E-state index is 10.1. The van der Waals surface area contributed by atoms with Crippen molar-refractivity contribution in [2.24, 2.45) is 5.10 Å². The van der Waals surface area contributed by atoms with Crippen LogP contribution in [-0.4, -0.2) is 42.1 Å². The minimum atomic E-state index is -0.0331. The molecule has 2 aromatic carbocycles. The smallest absolute Gasteiger partial charge is 0.203 e. The molecule has 0 saturated heterocycles. The van der Waals surface area contributed by atoms with Crippen LogP contribution in [0.15, 0.2) is 47.8 Å². The number of nitrogens with one attached hydrogen (secondary N) is 1. The number of fused-ring (bicyclic) bond motifs is 1. The lowest BCUT2D eigenvalue weighted by Gasteiger charge is -2.09. The number of phenolic OH excluding ortho intramolecular Hbond substituents is 1. The van der Waals surface area contributed by atoms with Crippen LogP contribution in [0.5, 0.6) is 23.0 Å². The normalized spacial score (nSPS) is 11.2. The van der Waals surface area contributed by atoms with E-state index in [9.17, 15) is 5.11 Å². The van der Waals surface area contributed by atoms with E-state index in [1.165, 1.54) is 20.5 Å². The van der Waals surface area contributed by atoms with E-state index in [-0.39, 0.29) is 11.5 Å². The molecule has 9 heteroatoms. The Morgan fingerprint density at radius 2 is 1.94 bits per heavy atom. The van der Waals surface area contributed by atoms with Crippen molar-refractivity contribution >= 4 is 33.6 Å². The summed E-state index contributed by atoms with van der Waals surface area (Å²) in [6.07, 6.45) is 3.09. The number of phenols is 1. The third-order valence-corrected chi connectivity index (χ3v) is 6.32. The lowest BCUT2D eigenvalue weighted by Crippen LogP contribution is -1.96. The quantitative estimate of drug-likeness (QED) is 0.272.